The lowest BCUT2D eigenvalue weighted by Gasteiger charge is -1.83. The van der Waals surface area contributed by atoms with E-state index in [1.807, 2.05) is 24.4 Å². The van der Waals surface area contributed by atoms with Crippen molar-refractivity contribution in [2.45, 2.75) is 6.42 Å². The largest absolute Gasteiger partial charge is 0.365 e. The van der Waals surface area contributed by atoms with Gasteiger partial charge in [0.15, 0.2) is 0 Å². The van der Waals surface area contributed by atoms with Crippen molar-refractivity contribution in [1.29, 1.82) is 0 Å². The molecule has 1 heterocycles. The van der Waals surface area contributed by atoms with Gasteiger partial charge in [0.2, 0.25) is 0 Å². The van der Waals surface area contributed by atoms with Gasteiger partial charge in [-0.1, -0.05) is 6.08 Å². The molecule has 0 amide bonds. The van der Waals surface area contributed by atoms with Crippen molar-refractivity contribution in [3.8, 4) is 0 Å². The van der Waals surface area contributed by atoms with Gasteiger partial charge < -0.3 is 4.98 Å². The Kier molecular flexibility index (Phi) is 1.52. The van der Waals surface area contributed by atoms with E-state index in [0.717, 1.165) is 6.42 Å². The first-order valence-electron chi connectivity index (χ1n) is 2.66. The Morgan fingerprint density at radius 2 is 2.62 bits per heavy atom. The van der Waals surface area contributed by atoms with E-state index in [2.05, 4.69) is 11.6 Å². The van der Waals surface area contributed by atoms with Gasteiger partial charge in [0.05, 0.1) is 0 Å². The van der Waals surface area contributed by atoms with Crippen molar-refractivity contribution >= 4 is 0 Å². The average Bonchev–Trinajstić information content (AvgIpc) is 2.19. The molecule has 0 spiro atoms. The highest BCUT2D eigenvalue weighted by Gasteiger charge is 1.83. The summed E-state index contributed by atoms with van der Waals surface area (Å²) >= 11 is 0. The molecule has 1 aromatic rings. The van der Waals surface area contributed by atoms with Crippen molar-refractivity contribution in [3.05, 3.63) is 36.7 Å². The van der Waals surface area contributed by atoms with Gasteiger partial charge in [0.1, 0.15) is 0 Å². The third-order valence-corrected chi connectivity index (χ3v) is 1.03. The van der Waals surface area contributed by atoms with Crippen LogP contribution < -0.4 is 0 Å². The minimum atomic E-state index is 0.938. The zero-order valence-corrected chi connectivity index (χ0v) is 4.72. The number of nitrogens with one attached hydrogen (secondary N) is 1. The number of aromatic amines is 1. The van der Waals surface area contributed by atoms with E-state index >= 15 is 0 Å². The molecule has 1 N–H and O–H groups in total. The summed E-state index contributed by atoms with van der Waals surface area (Å²) in [4.78, 5) is 3.07. The van der Waals surface area contributed by atoms with Crippen LogP contribution in [-0.2, 0) is 6.42 Å². The highest BCUT2D eigenvalue weighted by molar-refractivity contribution is 5.06. The molecule has 8 heavy (non-hydrogen) atoms. The maximum atomic E-state index is 3.62. The van der Waals surface area contributed by atoms with E-state index in [9.17, 15) is 0 Å². The van der Waals surface area contributed by atoms with Crippen LogP contribution in [0.3, 0.4) is 0 Å². The van der Waals surface area contributed by atoms with Gasteiger partial charge in [-0.25, -0.2) is 0 Å². The molecule has 0 aliphatic heterocycles. The third-order valence-electron chi connectivity index (χ3n) is 1.03. The molecule has 1 aromatic heterocycles. The van der Waals surface area contributed by atoms with Crippen molar-refractivity contribution < 1.29 is 0 Å². The van der Waals surface area contributed by atoms with E-state index in [1.165, 1.54) is 5.69 Å². The molecule has 1 nitrogen and oxygen atoms in total. The number of rotatable bonds is 2. The van der Waals surface area contributed by atoms with E-state index in [0.29, 0.717) is 0 Å². The summed E-state index contributed by atoms with van der Waals surface area (Å²) in [7, 11) is 0. The Balaban J connectivity index is 2.62. The number of hydrogen-bond acceptors (Lipinski definition) is 0. The van der Waals surface area contributed by atoms with Crippen molar-refractivity contribution in [2.24, 2.45) is 0 Å². The molecule has 0 unspecified atom stereocenters. The standard InChI is InChI=1S/C7H9N/c1-2-4-7-5-3-6-8-7/h2-3,5-6,8H,1,4H2. The number of H-pyrrole nitrogens is 1. The van der Waals surface area contributed by atoms with Crippen molar-refractivity contribution in [1.82, 2.24) is 4.98 Å². The van der Waals surface area contributed by atoms with Crippen LogP contribution in [-0.4, -0.2) is 4.98 Å². The SMILES string of the molecule is C=CCc1ccc[nH]1. The van der Waals surface area contributed by atoms with Gasteiger partial charge in [0, 0.05) is 18.3 Å². The van der Waals surface area contributed by atoms with Crippen LogP contribution in [0.4, 0.5) is 0 Å². The van der Waals surface area contributed by atoms with Crippen LogP contribution in [0.25, 0.3) is 0 Å². The molecule has 0 fully saturated rings. The first kappa shape index (κ1) is 5.16. The van der Waals surface area contributed by atoms with Gasteiger partial charge in [-0.2, -0.15) is 0 Å². The van der Waals surface area contributed by atoms with Crippen LogP contribution in [0.5, 0.6) is 0 Å². The lowest BCUT2D eigenvalue weighted by Crippen LogP contribution is -1.75. The van der Waals surface area contributed by atoms with Gasteiger partial charge >= 0.3 is 0 Å². The molecule has 1 rings (SSSR count). The van der Waals surface area contributed by atoms with Gasteiger partial charge in [-0.05, 0) is 12.1 Å². The summed E-state index contributed by atoms with van der Waals surface area (Å²) in [5, 5.41) is 0. The smallest absolute Gasteiger partial charge is 0.0185 e. The van der Waals surface area contributed by atoms with Crippen LogP contribution in [0, 0.1) is 0 Å². The molecule has 0 radical (unpaired) electrons. The predicted octanol–water partition coefficient (Wildman–Crippen LogP) is 1.74. The zero-order chi connectivity index (χ0) is 5.82. The molecule has 0 aliphatic carbocycles. The molecule has 0 atom stereocenters. The molecular formula is C7H9N. The average molecular weight is 107 g/mol. The Morgan fingerprint density at radius 3 is 3.12 bits per heavy atom. The van der Waals surface area contributed by atoms with E-state index < -0.39 is 0 Å². The monoisotopic (exact) mass is 107 g/mol. The summed E-state index contributed by atoms with van der Waals surface area (Å²) < 4.78 is 0. The molecule has 0 aliphatic rings. The number of hydrogen-bond donors (Lipinski definition) is 1. The predicted molar refractivity (Wildman–Crippen MR) is 34.7 cm³/mol. The second-order valence-electron chi connectivity index (χ2n) is 1.69. The van der Waals surface area contributed by atoms with Gasteiger partial charge in [-0.3, -0.25) is 0 Å². The van der Waals surface area contributed by atoms with Crippen LogP contribution in [0.15, 0.2) is 31.0 Å². The Labute approximate surface area is 49.0 Å². The fourth-order valence-corrected chi connectivity index (χ4v) is 0.650. The first-order valence-corrected chi connectivity index (χ1v) is 2.66. The number of aromatic nitrogens is 1. The highest BCUT2D eigenvalue weighted by atomic mass is 14.7. The number of allylic oxidation sites excluding steroid dienone is 1. The van der Waals surface area contributed by atoms with E-state index in [4.69, 9.17) is 0 Å². The summed E-state index contributed by atoms with van der Waals surface area (Å²) in [6, 6.07) is 4.03. The fraction of sp³-hybridized carbons (Fsp3) is 0.143. The minimum absolute atomic E-state index is 0.938. The second-order valence-corrected chi connectivity index (χ2v) is 1.69. The fourth-order valence-electron chi connectivity index (χ4n) is 0.650. The minimum Gasteiger partial charge on any atom is -0.365 e. The van der Waals surface area contributed by atoms with E-state index in [-0.39, 0.29) is 0 Å². The molecule has 0 bridgehead atoms. The maximum Gasteiger partial charge on any atom is 0.0185 e. The van der Waals surface area contributed by atoms with Gasteiger partial charge in [-0.15, -0.1) is 6.58 Å². The molecule has 42 valence electrons. The summed E-state index contributed by atoms with van der Waals surface area (Å²) in [6.07, 6.45) is 4.73. The molecule has 0 saturated carbocycles. The molecule has 0 saturated heterocycles. The Morgan fingerprint density at radius 1 is 1.75 bits per heavy atom. The van der Waals surface area contributed by atoms with E-state index in [1.54, 1.807) is 0 Å². The lowest BCUT2D eigenvalue weighted by atomic mass is 10.3. The molecular weight excluding hydrogens is 98.1 g/mol. The summed E-state index contributed by atoms with van der Waals surface area (Å²) in [6.45, 7) is 3.62. The van der Waals surface area contributed by atoms with Crippen molar-refractivity contribution in [2.75, 3.05) is 0 Å². The Hall–Kier alpha value is -0.980. The van der Waals surface area contributed by atoms with Crippen LogP contribution in [0.2, 0.25) is 0 Å². The Bertz CT molecular complexity index is 151. The lowest BCUT2D eigenvalue weighted by molar-refractivity contribution is 1.16. The first-order chi connectivity index (χ1) is 3.93. The van der Waals surface area contributed by atoms with Crippen LogP contribution in [0.1, 0.15) is 5.69 Å². The topological polar surface area (TPSA) is 15.8 Å². The normalized spacial score (nSPS) is 9.00. The summed E-state index contributed by atoms with van der Waals surface area (Å²) in [5.74, 6) is 0. The van der Waals surface area contributed by atoms with Crippen molar-refractivity contribution in [3.63, 3.8) is 0 Å². The second kappa shape index (κ2) is 2.36. The molecule has 0 aromatic carbocycles. The van der Waals surface area contributed by atoms with Gasteiger partial charge in [0.25, 0.3) is 0 Å². The molecule has 1 heteroatoms. The maximum absolute atomic E-state index is 3.62. The third kappa shape index (κ3) is 0.997. The quantitative estimate of drug-likeness (QED) is 0.554. The summed E-state index contributed by atoms with van der Waals surface area (Å²) in [5.41, 5.74) is 1.22. The van der Waals surface area contributed by atoms with Crippen LogP contribution >= 0.6 is 0 Å². The highest BCUT2D eigenvalue weighted by Crippen LogP contribution is 1.94. The zero-order valence-electron chi connectivity index (χ0n) is 4.72.